The van der Waals surface area contributed by atoms with Crippen LogP contribution in [0.4, 0.5) is 4.39 Å². The fraction of sp³-hybridized carbons (Fsp3) is 0.200. The topological polar surface area (TPSA) is 83.6 Å². The standard InChI is InChI=1S/C10H8BrFN2O4S/c11-7-3-6(12)1-2-8(7)19(17,18)14-4-9(15)13-10(16)5-14/h1-3H,4-5H2,(H,13,15,16). The number of piperazine rings is 1. The van der Waals surface area contributed by atoms with E-state index in [1.54, 1.807) is 0 Å². The minimum atomic E-state index is -4.04. The summed E-state index contributed by atoms with van der Waals surface area (Å²) in [5.74, 6) is -1.99. The zero-order valence-electron chi connectivity index (χ0n) is 9.39. The maximum atomic E-state index is 12.9. The maximum absolute atomic E-state index is 12.9. The molecule has 0 unspecified atom stereocenters. The first-order valence-corrected chi connectivity index (χ1v) is 7.32. The molecular weight excluding hydrogens is 343 g/mol. The first kappa shape index (κ1) is 14.1. The Hall–Kier alpha value is -1.32. The van der Waals surface area contributed by atoms with Crippen molar-refractivity contribution in [1.29, 1.82) is 0 Å². The minimum Gasteiger partial charge on any atom is -0.294 e. The van der Waals surface area contributed by atoms with Crippen molar-refractivity contribution in [1.82, 2.24) is 9.62 Å². The van der Waals surface area contributed by atoms with Crippen LogP contribution in [-0.2, 0) is 19.6 Å². The highest BCUT2D eigenvalue weighted by Gasteiger charge is 2.33. The highest BCUT2D eigenvalue weighted by Crippen LogP contribution is 2.26. The second-order valence-corrected chi connectivity index (χ2v) is 6.58. The quantitative estimate of drug-likeness (QED) is 0.774. The fourth-order valence-electron chi connectivity index (χ4n) is 1.60. The summed E-state index contributed by atoms with van der Waals surface area (Å²) in [7, 11) is -4.04. The van der Waals surface area contributed by atoms with Gasteiger partial charge < -0.3 is 0 Å². The normalized spacial score (nSPS) is 17.4. The number of benzene rings is 1. The first-order chi connectivity index (χ1) is 8.80. The second kappa shape index (κ2) is 4.99. The van der Waals surface area contributed by atoms with Gasteiger partial charge in [-0.2, -0.15) is 4.31 Å². The molecule has 0 aromatic heterocycles. The van der Waals surface area contributed by atoms with E-state index in [-0.39, 0.29) is 9.37 Å². The average molecular weight is 351 g/mol. The Morgan fingerprint density at radius 2 is 1.79 bits per heavy atom. The first-order valence-electron chi connectivity index (χ1n) is 5.08. The minimum absolute atomic E-state index is 0.0333. The van der Waals surface area contributed by atoms with E-state index in [9.17, 15) is 22.4 Å². The van der Waals surface area contributed by atoms with Crippen LogP contribution in [0.3, 0.4) is 0 Å². The summed E-state index contributed by atoms with van der Waals surface area (Å²) in [4.78, 5) is 22.2. The van der Waals surface area contributed by atoms with Gasteiger partial charge in [0.05, 0.1) is 18.0 Å². The SMILES string of the molecule is O=C1CN(S(=O)(=O)c2ccc(F)cc2Br)CC(=O)N1. The van der Waals surface area contributed by atoms with Crippen LogP contribution >= 0.6 is 15.9 Å². The van der Waals surface area contributed by atoms with Crippen molar-refractivity contribution < 1.29 is 22.4 Å². The Morgan fingerprint density at radius 1 is 1.21 bits per heavy atom. The van der Waals surface area contributed by atoms with E-state index in [4.69, 9.17) is 0 Å². The van der Waals surface area contributed by atoms with Crippen LogP contribution in [0.2, 0.25) is 0 Å². The Bertz CT molecular complexity index is 645. The van der Waals surface area contributed by atoms with E-state index in [2.05, 4.69) is 15.9 Å². The summed E-state index contributed by atoms with van der Waals surface area (Å²) in [5, 5.41) is 2.00. The fourth-order valence-corrected chi connectivity index (χ4v) is 3.97. The molecule has 0 saturated carbocycles. The number of rotatable bonds is 2. The molecule has 19 heavy (non-hydrogen) atoms. The second-order valence-electron chi connectivity index (χ2n) is 3.82. The summed E-state index contributed by atoms with van der Waals surface area (Å²) in [6.07, 6.45) is 0. The molecule has 0 spiro atoms. The molecule has 1 aromatic rings. The van der Waals surface area contributed by atoms with E-state index < -0.39 is 40.7 Å². The molecule has 1 aliphatic rings. The van der Waals surface area contributed by atoms with Gasteiger partial charge in [0.2, 0.25) is 21.8 Å². The molecule has 1 aliphatic heterocycles. The van der Waals surface area contributed by atoms with Gasteiger partial charge in [-0.25, -0.2) is 12.8 Å². The molecule has 1 aromatic carbocycles. The number of amides is 2. The summed E-state index contributed by atoms with van der Waals surface area (Å²) in [6, 6.07) is 3.06. The number of halogens is 2. The van der Waals surface area contributed by atoms with Crippen LogP contribution in [0.5, 0.6) is 0 Å². The predicted molar refractivity (Wildman–Crippen MR) is 66.0 cm³/mol. The number of hydrogen-bond acceptors (Lipinski definition) is 4. The van der Waals surface area contributed by atoms with E-state index in [1.165, 1.54) is 0 Å². The van der Waals surface area contributed by atoms with Crippen molar-refractivity contribution in [3.05, 3.63) is 28.5 Å². The van der Waals surface area contributed by atoms with Crippen LogP contribution in [-0.4, -0.2) is 37.6 Å². The summed E-state index contributed by atoms with van der Waals surface area (Å²) >= 11 is 2.95. The monoisotopic (exact) mass is 350 g/mol. The molecule has 0 aliphatic carbocycles. The van der Waals surface area contributed by atoms with E-state index in [0.717, 1.165) is 22.5 Å². The molecule has 1 fully saturated rings. The predicted octanol–water partition coefficient (Wildman–Crippen LogP) is 0.235. The van der Waals surface area contributed by atoms with Crippen molar-refractivity contribution in [2.75, 3.05) is 13.1 Å². The molecule has 1 heterocycles. The lowest BCUT2D eigenvalue weighted by Crippen LogP contribution is -2.53. The van der Waals surface area contributed by atoms with Gasteiger partial charge in [-0.15, -0.1) is 0 Å². The molecule has 1 N–H and O–H groups in total. The largest absolute Gasteiger partial charge is 0.294 e. The Labute approximate surface area is 116 Å². The molecule has 1 saturated heterocycles. The lowest BCUT2D eigenvalue weighted by Gasteiger charge is -2.25. The molecule has 9 heteroatoms. The highest BCUT2D eigenvalue weighted by molar-refractivity contribution is 9.10. The smallest absolute Gasteiger partial charge is 0.245 e. The third-order valence-corrected chi connectivity index (χ3v) is 5.20. The zero-order chi connectivity index (χ0) is 14.2. The number of nitrogens with one attached hydrogen (secondary N) is 1. The highest BCUT2D eigenvalue weighted by atomic mass is 79.9. The molecule has 0 radical (unpaired) electrons. The Kier molecular flexibility index (Phi) is 3.70. The van der Waals surface area contributed by atoms with E-state index in [0.29, 0.717) is 0 Å². The lowest BCUT2D eigenvalue weighted by atomic mass is 10.3. The van der Waals surface area contributed by atoms with Crippen LogP contribution in [0, 0.1) is 5.82 Å². The number of sulfonamides is 1. The van der Waals surface area contributed by atoms with E-state index in [1.807, 2.05) is 5.32 Å². The van der Waals surface area contributed by atoms with Gasteiger partial charge in [0, 0.05) is 4.47 Å². The molecule has 102 valence electrons. The maximum Gasteiger partial charge on any atom is 0.245 e. The van der Waals surface area contributed by atoms with E-state index >= 15 is 0 Å². The van der Waals surface area contributed by atoms with Gasteiger partial charge >= 0.3 is 0 Å². The molecule has 2 amide bonds. The Balaban J connectivity index is 2.42. The van der Waals surface area contributed by atoms with Gasteiger partial charge in [0.25, 0.3) is 0 Å². The third-order valence-electron chi connectivity index (χ3n) is 2.43. The molecule has 6 nitrogen and oxygen atoms in total. The number of carbonyl (C=O) groups excluding carboxylic acids is 2. The number of imide groups is 1. The summed E-state index contributed by atoms with van der Waals surface area (Å²) in [6.45, 7) is -0.893. The summed E-state index contributed by atoms with van der Waals surface area (Å²) in [5.41, 5.74) is 0. The third kappa shape index (κ3) is 2.82. The summed E-state index contributed by atoms with van der Waals surface area (Å²) < 4.78 is 38.2. The van der Waals surface area contributed by atoms with Crippen molar-refractivity contribution in [2.45, 2.75) is 4.90 Å². The lowest BCUT2D eigenvalue weighted by molar-refractivity contribution is -0.134. The van der Waals surface area contributed by atoms with Crippen molar-refractivity contribution >= 4 is 37.8 Å². The van der Waals surface area contributed by atoms with Crippen molar-refractivity contribution in [3.63, 3.8) is 0 Å². The number of carbonyl (C=O) groups is 2. The molecule has 0 bridgehead atoms. The van der Waals surface area contributed by atoms with Gasteiger partial charge in [0.15, 0.2) is 0 Å². The van der Waals surface area contributed by atoms with Crippen LogP contribution < -0.4 is 5.32 Å². The number of nitrogens with zero attached hydrogens (tertiary/aromatic N) is 1. The van der Waals surface area contributed by atoms with Crippen molar-refractivity contribution in [3.8, 4) is 0 Å². The molecular formula is C10H8BrFN2O4S. The van der Waals surface area contributed by atoms with Crippen LogP contribution in [0.15, 0.2) is 27.6 Å². The molecule has 2 rings (SSSR count). The molecule has 0 atom stereocenters. The van der Waals surface area contributed by atoms with Crippen LogP contribution in [0.25, 0.3) is 0 Å². The number of hydrogen-bond donors (Lipinski definition) is 1. The van der Waals surface area contributed by atoms with Gasteiger partial charge in [0.1, 0.15) is 5.82 Å². The van der Waals surface area contributed by atoms with Gasteiger partial charge in [-0.05, 0) is 34.1 Å². The van der Waals surface area contributed by atoms with Crippen LogP contribution in [0.1, 0.15) is 0 Å². The van der Waals surface area contributed by atoms with Gasteiger partial charge in [-0.3, -0.25) is 14.9 Å². The average Bonchev–Trinajstić information content (AvgIpc) is 2.26. The Morgan fingerprint density at radius 3 is 2.32 bits per heavy atom. The van der Waals surface area contributed by atoms with Crippen molar-refractivity contribution in [2.24, 2.45) is 0 Å². The van der Waals surface area contributed by atoms with Gasteiger partial charge in [-0.1, -0.05) is 0 Å². The zero-order valence-corrected chi connectivity index (χ0v) is 11.8.